The molecule has 6 nitrogen and oxygen atoms in total. The molecule has 280 valence electrons. The van der Waals surface area contributed by atoms with E-state index in [-0.39, 0.29) is 23.4 Å². The van der Waals surface area contributed by atoms with Gasteiger partial charge in [0.2, 0.25) is 0 Å². The van der Waals surface area contributed by atoms with Crippen molar-refractivity contribution in [1.82, 2.24) is 0 Å². The molecule has 0 aliphatic carbocycles. The summed E-state index contributed by atoms with van der Waals surface area (Å²) < 4.78 is 246. The molecule has 0 saturated heterocycles. The van der Waals surface area contributed by atoms with E-state index in [1.807, 2.05) is 0 Å². The maximum absolute atomic E-state index is 15.3. The first kappa shape index (κ1) is 41.9. The summed E-state index contributed by atoms with van der Waals surface area (Å²) in [7, 11) is 0. The third-order valence-electron chi connectivity index (χ3n) is 6.52. The van der Waals surface area contributed by atoms with E-state index in [1.165, 1.54) is 0 Å². The fraction of sp³-hybridized carbons (Fsp3) is 0.538. The first-order valence-electron chi connectivity index (χ1n) is 12.8. The minimum Gasteiger partial charge on any atom is -0.491 e. The Hall–Kier alpha value is -3.31. The number of benzene rings is 2. The molecule has 2 atom stereocenters. The number of rotatable bonds is 16. The molecule has 0 amide bonds. The smallest absolute Gasteiger partial charge is 0.460 e. The summed E-state index contributed by atoms with van der Waals surface area (Å²) in [6.45, 7) is -3.79. The molecule has 49 heavy (non-hydrogen) atoms. The van der Waals surface area contributed by atoms with Crippen molar-refractivity contribution in [1.29, 1.82) is 0 Å². The molecule has 2 rings (SSSR count). The highest BCUT2D eigenvalue weighted by Crippen LogP contribution is 2.65. The van der Waals surface area contributed by atoms with Crippen LogP contribution in [0.1, 0.15) is 5.56 Å². The monoisotopic (exact) mass is 752 g/mol. The fourth-order valence-electron chi connectivity index (χ4n) is 3.64. The maximum Gasteiger partial charge on any atom is 0.460 e. The molecule has 0 aromatic heterocycles. The zero-order chi connectivity index (χ0) is 38.2. The SMILES string of the molecule is OCC(O)COc1ccc(-c2ccc(OCC(O)CO)c(C(F)(F)C(F)(F)C(F)(F)C(F)(F)C(F)(F)C(F)(F)C(F)(F)C(F)(F)F)c2)cc1. The van der Waals surface area contributed by atoms with Gasteiger partial charge in [0.05, 0.1) is 18.8 Å². The Morgan fingerprint density at radius 3 is 1.31 bits per heavy atom. The second-order valence-electron chi connectivity index (χ2n) is 10.0. The normalized spacial score (nSPS) is 15.6. The number of alkyl halides is 17. The molecule has 2 aromatic rings. The van der Waals surface area contributed by atoms with Crippen molar-refractivity contribution < 1.29 is 105 Å². The Bertz CT molecular complexity index is 1410. The van der Waals surface area contributed by atoms with E-state index in [2.05, 4.69) is 4.74 Å². The molecule has 0 bridgehead atoms. The molecule has 0 aliphatic rings. The van der Waals surface area contributed by atoms with Crippen molar-refractivity contribution >= 4 is 0 Å². The molecule has 4 N–H and O–H groups in total. The summed E-state index contributed by atoms with van der Waals surface area (Å²) in [6.07, 6.45) is -11.3. The number of hydrogen-bond donors (Lipinski definition) is 4. The molecule has 23 heteroatoms. The molecule has 0 fully saturated rings. The topological polar surface area (TPSA) is 99.4 Å². The molecule has 0 aliphatic heterocycles. The van der Waals surface area contributed by atoms with Crippen LogP contribution >= 0.6 is 0 Å². The molecule has 0 radical (unpaired) electrons. The highest BCUT2D eigenvalue weighted by Gasteiger charge is 2.95. The quantitative estimate of drug-likeness (QED) is 0.151. The van der Waals surface area contributed by atoms with Crippen molar-refractivity contribution in [3.8, 4) is 22.6 Å². The van der Waals surface area contributed by atoms with E-state index in [4.69, 9.17) is 14.9 Å². The van der Waals surface area contributed by atoms with Crippen LogP contribution in [0.3, 0.4) is 0 Å². The van der Waals surface area contributed by atoms with Gasteiger partial charge in [-0.15, -0.1) is 0 Å². The summed E-state index contributed by atoms with van der Waals surface area (Å²) >= 11 is 0. The maximum atomic E-state index is 15.3. The lowest BCUT2D eigenvalue weighted by atomic mass is 9.86. The van der Waals surface area contributed by atoms with Crippen LogP contribution in [0, 0.1) is 0 Å². The summed E-state index contributed by atoms with van der Waals surface area (Å²) in [6, 6.07) is 4.65. The molecule has 0 saturated carbocycles. The van der Waals surface area contributed by atoms with Crippen molar-refractivity contribution in [3.63, 3.8) is 0 Å². The van der Waals surface area contributed by atoms with E-state index < -0.39 is 103 Å². The van der Waals surface area contributed by atoms with Gasteiger partial charge in [0.15, 0.2) is 0 Å². The van der Waals surface area contributed by atoms with Crippen LogP contribution in [0.4, 0.5) is 74.6 Å². The minimum absolute atomic E-state index is 0.0954. The van der Waals surface area contributed by atoms with Crippen LogP contribution in [0.15, 0.2) is 42.5 Å². The standard InChI is InChI=1S/C26H21F17O6/c27-19(28,20(29,30)21(31,32)22(33,34)23(35,36)24(37,38)25(39,40)26(41,42)43)17-7-13(3-6-18(17)49-11-15(47)9-45)12-1-4-16(5-2-12)48-10-14(46)8-44/h1-7,14-15,44-47H,8-11H2. The second-order valence-corrected chi connectivity index (χ2v) is 10.0. The summed E-state index contributed by atoms with van der Waals surface area (Å²) in [5.74, 6) is -59.9. The predicted molar refractivity (Wildman–Crippen MR) is 129 cm³/mol. The molecule has 2 aromatic carbocycles. The van der Waals surface area contributed by atoms with Gasteiger partial charge in [-0.05, 0) is 35.4 Å². The van der Waals surface area contributed by atoms with E-state index in [9.17, 15) is 76.1 Å². The van der Waals surface area contributed by atoms with Crippen LogP contribution in [-0.4, -0.2) is 101 Å². The van der Waals surface area contributed by atoms with Crippen LogP contribution in [0.5, 0.6) is 11.5 Å². The molecule has 0 spiro atoms. The average Bonchev–Trinajstić information content (AvgIpc) is 3.01. The van der Waals surface area contributed by atoms with Crippen LogP contribution in [0.2, 0.25) is 0 Å². The lowest BCUT2D eigenvalue weighted by Crippen LogP contribution is -2.74. The highest BCUT2D eigenvalue weighted by molar-refractivity contribution is 5.67. The Morgan fingerprint density at radius 1 is 0.490 bits per heavy atom. The van der Waals surface area contributed by atoms with Gasteiger partial charge in [-0.3, -0.25) is 0 Å². The highest BCUT2D eigenvalue weighted by atomic mass is 19.4. The van der Waals surface area contributed by atoms with Gasteiger partial charge in [-0.1, -0.05) is 18.2 Å². The summed E-state index contributed by atoms with van der Waals surface area (Å²) in [4.78, 5) is 0. The fourth-order valence-corrected chi connectivity index (χ4v) is 3.64. The second kappa shape index (κ2) is 13.8. The third kappa shape index (κ3) is 7.16. The summed E-state index contributed by atoms with van der Waals surface area (Å²) in [5, 5.41) is 36.3. The van der Waals surface area contributed by atoms with Crippen molar-refractivity contribution in [3.05, 3.63) is 48.0 Å². The number of aliphatic hydroxyl groups excluding tert-OH is 4. The molecular weight excluding hydrogens is 731 g/mol. The largest absolute Gasteiger partial charge is 0.491 e. The Labute approximate surface area is 262 Å². The van der Waals surface area contributed by atoms with E-state index in [0.717, 1.165) is 24.3 Å². The molecule has 0 heterocycles. The van der Waals surface area contributed by atoms with Crippen LogP contribution in [0.25, 0.3) is 11.1 Å². The van der Waals surface area contributed by atoms with Crippen LogP contribution < -0.4 is 9.47 Å². The van der Waals surface area contributed by atoms with Gasteiger partial charge in [0, 0.05) is 0 Å². The summed E-state index contributed by atoms with van der Waals surface area (Å²) in [5.41, 5.74) is -3.67. The lowest BCUT2D eigenvalue weighted by molar-refractivity contribution is -0.462. The van der Waals surface area contributed by atoms with E-state index in [1.54, 1.807) is 0 Å². The Kier molecular flexibility index (Phi) is 11.8. The number of halogens is 17. The predicted octanol–water partition coefficient (Wildman–Crippen LogP) is 6.28. The van der Waals surface area contributed by atoms with Crippen molar-refractivity contribution in [2.24, 2.45) is 0 Å². The minimum atomic E-state index is -8.80. The zero-order valence-electron chi connectivity index (χ0n) is 23.6. The van der Waals surface area contributed by atoms with Gasteiger partial charge in [-0.25, -0.2) is 0 Å². The van der Waals surface area contributed by atoms with Crippen LogP contribution in [-0.2, 0) is 5.92 Å². The first-order valence-corrected chi connectivity index (χ1v) is 12.8. The van der Waals surface area contributed by atoms with Gasteiger partial charge in [0.25, 0.3) is 0 Å². The van der Waals surface area contributed by atoms with E-state index >= 15 is 8.78 Å². The average molecular weight is 752 g/mol. The van der Waals surface area contributed by atoms with Crippen molar-refractivity contribution in [2.75, 3.05) is 26.4 Å². The van der Waals surface area contributed by atoms with Gasteiger partial charge >= 0.3 is 47.6 Å². The van der Waals surface area contributed by atoms with E-state index in [0.29, 0.717) is 6.07 Å². The van der Waals surface area contributed by atoms with Gasteiger partial charge in [0.1, 0.15) is 36.9 Å². The van der Waals surface area contributed by atoms with Gasteiger partial charge in [-0.2, -0.15) is 74.6 Å². The number of aliphatic hydroxyl groups is 4. The Morgan fingerprint density at radius 2 is 0.878 bits per heavy atom. The molecular formula is C26H21F17O6. The lowest BCUT2D eigenvalue weighted by Gasteiger charge is -2.43. The van der Waals surface area contributed by atoms with Gasteiger partial charge < -0.3 is 29.9 Å². The third-order valence-corrected chi connectivity index (χ3v) is 6.52. The number of ether oxygens (including phenoxy) is 2. The zero-order valence-corrected chi connectivity index (χ0v) is 23.6. The number of hydrogen-bond acceptors (Lipinski definition) is 6. The molecule has 2 unspecified atom stereocenters. The van der Waals surface area contributed by atoms with Crippen molar-refractivity contribution in [2.45, 2.75) is 59.8 Å². The first-order chi connectivity index (χ1) is 22.0. The Balaban J connectivity index is 2.74.